The van der Waals surface area contributed by atoms with Gasteiger partial charge in [0.15, 0.2) is 0 Å². The van der Waals surface area contributed by atoms with Crippen molar-refractivity contribution in [3.05, 3.63) is 120 Å². The molecule has 0 atom stereocenters. The van der Waals surface area contributed by atoms with Crippen molar-refractivity contribution in [1.29, 1.82) is 0 Å². The van der Waals surface area contributed by atoms with Gasteiger partial charge in [-0.1, -0.05) is 0 Å². The topological polar surface area (TPSA) is 54.1 Å². The molecule has 3 aromatic heterocycles. The molecule has 0 N–H and O–H groups in total. The van der Waals surface area contributed by atoms with Gasteiger partial charge in [-0.3, -0.25) is 0 Å². The first-order valence-electron chi connectivity index (χ1n) is 18.1. The Bertz CT molecular complexity index is 2030. The third kappa shape index (κ3) is 10.4. The number of nitrogens with zero attached hydrogens (tertiary/aromatic N) is 6. The molecule has 2 aromatic carbocycles. The summed E-state index contributed by atoms with van der Waals surface area (Å²) in [6.07, 6.45) is 10.3. The Morgan fingerprint density at radius 1 is 0.444 bits per heavy atom. The van der Waals surface area contributed by atoms with Crippen LogP contribution in [0.15, 0.2) is 97.1 Å². The molecule has 8 bridgehead atoms. The number of ether oxygens (including phenoxy) is 2. The number of hydrogen-bond donors (Lipinski definition) is 0. The van der Waals surface area contributed by atoms with Crippen LogP contribution in [0.1, 0.15) is 35.6 Å². The second kappa shape index (κ2) is 17.3. The Kier molecular flexibility index (Phi) is 13.1. The minimum absolute atomic E-state index is 0. The number of hydrogen-bond acceptors (Lipinski definition) is 4. The molecule has 10 heteroatoms. The van der Waals surface area contributed by atoms with Crippen LogP contribution in [0.2, 0.25) is 0 Å². The smallest absolute Gasteiger partial charge is 0.119 e. The second-order valence-electron chi connectivity index (χ2n) is 15.6. The minimum atomic E-state index is 0. The van der Waals surface area contributed by atoms with E-state index in [-0.39, 0.29) is 34.0 Å². The van der Waals surface area contributed by atoms with E-state index in [0.29, 0.717) is 13.2 Å². The van der Waals surface area contributed by atoms with E-state index in [9.17, 15) is 0 Å². The van der Waals surface area contributed by atoms with E-state index in [4.69, 9.17) is 19.4 Å². The number of rotatable bonds is 12. The SMILES string of the molecule is C[N+](C)(C)CCCOc1ccc(-n2c3ccc2cc2nc(cc4ccc(cc5nc(c3)C=C5)n4-c3ccc(OCCC[N+](C)(C)C)cc3)C=C2)cc1.[Br-].[Br-]. The second-order valence-corrected chi connectivity index (χ2v) is 15.6. The number of benzene rings is 2. The molecular weight excluding hydrogens is 804 g/mol. The monoisotopic (exact) mass is 852 g/mol. The van der Waals surface area contributed by atoms with Gasteiger partial charge in [-0.05, 0) is 121 Å². The van der Waals surface area contributed by atoms with Gasteiger partial charge in [-0.2, -0.15) is 0 Å². The van der Waals surface area contributed by atoms with E-state index in [0.717, 1.165) is 103 Å². The van der Waals surface area contributed by atoms with Gasteiger partial charge in [0.25, 0.3) is 0 Å². The number of quaternary nitrogens is 2. The predicted molar refractivity (Wildman–Crippen MR) is 215 cm³/mol. The molecular formula is C44H50Br2N6O2. The third-order valence-corrected chi connectivity index (χ3v) is 9.11. The summed E-state index contributed by atoms with van der Waals surface area (Å²) < 4.78 is 18.5. The maximum atomic E-state index is 6.08. The minimum Gasteiger partial charge on any atom is -1.00 e. The molecule has 0 unspecified atom stereocenters. The first-order valence-corrected chi connectivity index (χ1v) is 18.1. The van der Waals surface area contributed by atoms with Gasteiger partial charge in [0, 0.05) is 46.3 Å². The molecule has 5 heterocycles. The van der Waals surface area contributed by atoms with Crippen LogP contribution < -0.4 is 43.4 Å². The fourth-order valence-electron chi connectivity index (χ4n) is 6.54. The molecule has 2 aliphatic heterocycles. The summed E-state index contributed by atoms with van der Waals surface area (Å²) >= 11 is 0. The molecule has 5 aromatic rings. The van der Waals surface area contributed by atoms with Gasteiger partial charge in [0.1, 0.15) is 11.5 Å². The van der Waals surface area contributed by atoms with Crippen LogP contribution in [-0.2, 0) is 0 Å². The first-order chi connectivity index (χ1) is 25.0. The lowest BCUT2D eigenvalue weighted by Gasteiger charge is -2.23. The van der Waals surface area contributed by atoms with E-state index >= 15 is 0 Å². The van der Waals surface area contributed by atoms with Gasteiger partial charge >= 0.3 is 0 Å². The first kappa shape index (κ1) is 40.7. The highest BCUT2D eigenvalue weighted by atomic mass is 79.9. The fourth-order valence-corrected chi connectivity index (χ4v) is 6.54. The zero-order valence-electron chi connectivity index (χ0n) is 32.0. The van der Waals surface area contributed by atoms with Crippen LogP contribution >= 0.6 is 0 Å². The maximum Gasteiger partial charge on any atom is 0.119 e. The number of halogens is 2. The summed E-state index contributed by atoms with van der Waals surface area (Å²) in [4.78, 5) is 10.0. The molecule has 0 fully saturated rings. The molecule has 0 saturated carbocycles. The van der Waals surface area contributed by atoms with Crippen molar-refractivity contribution < 1.29 is 52.4 Å². The molecule has 54 heavy (non-hydrogen) atoms. The van der Waals surface area contributed by atoms with Gasteiger partial charge in [-0.15, -0.1) is 0 Å². The average Bonchev–Trinajstić information content (AvgIpc) is 3.90. The lowest BCUT2D eigenvalue weighted by molar-refractivity contribution is -0.870. The van der Waals surface area contributed by atoms with Crippen LogP contribution in [0.25, 0.3) is 57.7 Å². The summed E-state index contributed by atoms with van der Waals surface area (Å²) in [7, 11) is 13.2. The molecule has 8 nitrogen and oxygen atoms in total. The summed E-state index contributed by atoms with van der Waals surface area (Å²) in [5.74, 6) is 1.75. The zero-order chi connectivity index (χ0) is 36.3. The van der Waals surface area contributed by atoms with Crippen molar-refractivity contribution in [2.45, 2.75) is 12.8 Å². The van der Waals surface area contributed by atoms with E-state index in [1.165, 1.54) is 0 Å². The fraction of sp³-hybridized carbons (Fsp3) is 0.273. The van der Waals surface area contributed by atoms with Crippen LogP contribution in [0.5, 0.6) is 11.5 Å². The molecule has 0 saturated heterocycles. The van der Waals surface area contributed by atoms with Crippen LogP contribution in [0.4, 0.5) is 0 Å². The van der Waals surface area contributed by atoms with E-state index in [1.54, 1.807) is 0 Å². The lowest BCUT2D eigenvalue weighted by atomic mass is 10.2. The summed E-state index contributed by atoms with van der Waals surface area (Å²) in [5, 5.41) is 0. The largest absolute Gasteiger partial charge is 1.00 e. The molecule has 2 aliphatic rings. The Hall–Kier alpha value is -4.48. The van der Waals surface area contributed by atoms with Crippen LogP contribution in [-0.4, -0.2) is 96.7 Å². The summed E-state index contributed by atoms with van der Waals surface area (Å²) in [6.45, 7) is 3.54. The van der Waals surface area contributed by atoms with Crippen molar-refractivity contribution >= 4 is 46.4 Å². The van der Waals surface area contributed by atoms with Crippen LogP contribution in [0, 0.1) is 0 Å². The van der Waals surface area contributed by atoms with Crippen LogP contribution in [0.3, 0.4) is 0 Å². The average molecular weight is 855 g/mol. The standard InChI is InChI=1S/C44H50N6O2.2BrH/c1-49(2,3)25-7-27-51-43-21-17-37(18-22-43)47-39-13-14-40(47)30-34-10-12-36(46-34)32-42-16-15-41(31-35-11-9-33(29-39)45-35)48(42)38-19-23-44(24-20-38)52-28-8-26-50(4,5)6;;/h9-24,29-32H,7-8,25-28H2,1-6H3;2*1H/q+2;;/p-2. The van der Waals surface area contributed by atoms with E-state index in [2.05, 4.69) is 173 Å². The highest BCUT2D eigenvalue weighted by molar-refractivity contribution is 5.80. The van der Waals surface area contributed by atoms with Crippen molar-refractivity contribution in [3.63, 3.8) is 0 Å². The van der Waals surface area contributed by atoms with Gasteiger partial charge in [-0.25, -0.2) is 9.97 Å². The Balaban J connectivity index is 0.00000280. The maximum absolute atomic E-state index is 6.08. The van der Waals surface area contributed by atoms with Crippen molar-refractivity contribution in [1.82, 2.24) is 19.1 Å². The predicted octanol–water partition coefficient (Wildman–Crippen LogP) is 2.54. The molecule has 0 aliphatic carbocycles. The van der Waals surface area contributed by atoms with E-state index < -0.39 is 0 Å². The number of fused-ring (bicyclic) bond motifs is 8. The molecule has 7 rings (SSSR count). The van der Waals surface area contributed by atoms with E-state index in [1.807, 2.05) is 0 Å². The Morgan fingerprint density at radius 3 is 1.02 bits per heavy atom. The zero-order valence-corrected chi connectivity index (χ0v) is 35.2. The summed E-state index contributed by atoms with van der Waals surface area (Å²) in [5.41, 5.74) is 9.79. The van der Waals surface area contributed by atoms with Gasteiger partial charge in [0.2, 0.25) is 0 Å². The van der Waals surface area contributed by atoms with Crippen molar-refractivity contribution in [3.8, 4) is 22.9 Å². The van der Waals surface area contributed by atoms with Gasteiger partial charge < -0.3 is 61.5 Å². The Labute approximate surface area is 340 Å². The Morgan fingerprint density at radius 2 is 0.741 bits per heavy atom. The third-order valence-electron chi connectivity index (χ3n) is 9.11. The lowest BCUT2D eigenvalue weighted by Crippen LogP contribution is -3.00. The molecule has 0 radical (unpaired) electrons. The molecule has 0 spiro atoms. The summed E-state index contributed by atoms with van der Waals surface area (Å²) in [6, 6.07) is 33.8. The number of aromatic nitrogens is 4. The highest BCUT2D eigenvalue weighted by Gasteiger charge is 2.11. The highest BCUT2D eigenvalue weighted by Crippen LogP contribution is 2.27. The van der Waals surface area contributed by atoms with Gasteiger partial charge in [0.05, 0.1) is 91.4 Å². The molecule has 0 amide bonds. The molecule has 282 valence electrons. The normalized spacial score (nSPS) is 12.3. The quantitative estimate of drug-likeness (QED) is 0.140. The van der Waals surface area contributed by atoms with Crippen molar-refractivity contribution in [2.24, 2.45) is 0 Å². The van der Waals surface area contributed by atoms with Crippen molar-refractivity contribution in [2.75, 3.05) is 68.6 Å².